The molecule has 4 rings (SSSR count). The smallest absolute Gasteiger partial charge is 0.334 e. The van der Waals surface area contributed by atoms with Crippen molar-refractivity contribution in [2.45, 2.75) is 19.3 Å². The van der Waals surface area contributed by atoms with Crippen LogP contribution in [0.25, 0.3) is 0 Å². The molecule has 2 heterocycles. The summed E-state index contributed by atoms with van der Waals surface area (Å²) in [6, 6.07) is 15.0. The fraction of sp³-hybridized carbons (Fsp3) is 0.391. The molecule has 2 aliphatic rings. The van der Waals surface area contributed by atoms with Crippen LogP contribution in [0.2, 0.25) is 0 Å². The van der Waals surface area contributed by atoms with E-state index in [1.165, 1.54) is 17.7 Å². The molecule has 32 heavy (non-hydrogen) atoms. The lowest BCUT2D eigenvalue weighted by Gasteiger charge is -2.22. The van der Waals surface area contributed by atoms with Crippen LogP contribution in [0.5, 0.6) is 0 Å². The number of nitriles is 1. The fourth-order valence-electron chi connectivity index (χ4n) is 4.57. The van der Waals surface area contributed by atoms with Crippen LogP contribution in [0.1, 0.15) is 22.3 Å². The maximum atomic E-state index is 13.3. The van der Waals surface area contributed by atoms with Crippen molar-refractivity contribution in [3.05, 3.63) is 70.8 Å². The second kappa shape index (κ2) is 9.80. The molecule has 0 spiro atoms. The Labute approximate surface area is 191 Å². The first kappa shape index (κ1) is 23.9. The third kappa shape index (κ3) is 5.34. The summed E-state index contributed by atoms with van der Waals surface area (Å²) in [6.45, 7) is 3.71. The summed E-state index contributed by atoms with van der Waals surface area (Å²) >= 11 is 0. The SMILES string of the molecule is Cl.N#Cc1ccc(CNC(=O)N2CC3CN(Cc4ccccc4)CC3C2)c(C(F)(F)F)c1. The number of halogens is 4. The predicted octanol–water partition coefficient (Wildman–Crippen LogP) is 4.27. The van der Waals surface area contributed by atoms with Crippen molar-refractivity contribution in [1.29, 1.82) is 5.26 Å². The molecule has 170 valence electrons. The van der Waals surface area contributed by atoms with Crippen LogP contribution in [-0.2, 0) is 19.3 Å². The summed E-state index contributed by atoms with van der Waals surface area (Å²) in [5, 5.41) is 11.5. The predicted molar refractivity (Wildman–Crippen MR) is 116 cm³/mol. The van der Waals surface area contributed by atoms with E-state index in [-0.39, 0.29) is 36.1 Å². The minimum atomic E-state index is -4.58. The van der Waals surface area contributed by atoms with Crippen molar-refractivity contribution in [3.8, 4) is 6.07 Å². The van der Waals surface area contributed by atoms with E-state index in [4.69, 9.17) is 5.26 Å². The number of urea groups is 1. The van der Waals surface area contributed by atoms with E-state index in [0.29, 0.717) is 24.9 Å². The Bertz CT molecular complexity index is 979. The second-order valence-electron chi connectivity index (χ2n) is 8.25. The van der Waals surface area contributed by atoms with Crippen molar-refractivity contribution in [1.82, 2.24) is 15.1 Å². The van der Waals surface area contributed by atoms with Crippen LogP contribution in [0.3, 0.4) is 0 Å². The molecule has 0 bridgehead atoms. The van der Waals surface area contributed by atoms with Gasteiger partial charge >= 0.3 is 12.2 Å². The Morgan fingerprint density at radius 2 is 1.72 bits per heavy atom. The van der Waals surface area contributed by atoms with E-state index in [2.05, 4.69) is 22.3 Å². The van der Waals surface area contributed by atoms with Crippen molar-refractivity contribution in [2.75, 3.05) is 26.2 Å². The molecule has 0 saturated carbocycles. The number of nitrogens with one attached hydrogen (secondary N) is 1. The van der Waals surface area contributed by atoms with Crippen molar-refractivity contribution in [2.24, 2.45) is 11.8 Å². The van der Waals surface area contributed by atoms with Crippen LogP contribution < -0.4 is 5.32 Å². The average Bonchev–Trinajstić information content (AvgIpc) is 3.30. The lowest BCUT2D eigenvalue weighted by Crippen LogP contribution is -2.40. The summed E-state index contributed by atoms with van der Waals surface area (Å²) in [4.78, 5) is 16.7. The van der Waals surface area contributed by atoms with Gasteiger partial charge in [-0.25, -0.2) is 4.79 Å². The molecule has 2 fully saturated rings. The van der Waals surface area contributed by atoms with Gasteiger partial charge in [-0.1, -0.05) is 36.4 Å². The molecule has 9 heteroatoms. The van der Waals surface area contributed by atoms with E-state index in [9.17, 15) is 18.0 Å². The number of carbonyl (C=O) groups excluding carboxylic acids is 1. The van der Waals surface area contributed by atoms with Gasteiger partial charge in [0.1, 0.15) is 0 Å². The number of carbonyl (C=O) groups is 1. The maximum absolute atomic E-state index is 13.3. The lowest BCUT2D eigenvalue weighted by molar-refractivity contribution is -0.138. The van der Waals surface area contributed by atoms with E-state index in [1.807, 2.05) is 18.2 Å². The molecule has 2 aromatic rings. The van der Waals surface area contributed by atoms with Gasteiger partial charge < -0.3 is 10.2 Å². The zero-order chi connectivity index (χ0) is 22.0. The molecule has 2 unspecified atom stereocenters. The van der Waals surface area contributed by atoms with E-state index < -0.39 is 11.7 Å². The lowest BCUT2D eigenvalue weighted by atomic mass is 10.0. The van der Waals surface area contributed by atoms with Gasteiger partial charge in [0.2, 0.25) is 0 Å². The average molecular weight is 465 g/mol. The number of nitrogens with zero attached hydrogens (tertiary/aromatic N) is 3. The van der Waals surface area contributed by atoms with Crippen LogP contribution in [0.15, 0.2) is 48.5 Å². The molecule has 1 N–H and O–H groups in total. The van der Waals surface area contributed by atoms with Gasteiger partial charge in [0.15, 0.2) is 0 Å². The Morgan fingerprint density at radius 3 is 2.31 bits per heavy atom. The monoisotopic (exact) mass is 464 g/mol. The van der Waals surface area contributed by atoms with E-state index >= 15 is 0 Å². The number of benzene rings is 2. The zero-order valence-corrected chi connectivity index (χ0v) is 18.1. The molecule has 5 nitrogen and oxygen atoms in total. The maximum Gasteiger partial charge on any atom is 0.416 e. The number of amides is 2. The summed E-state index contributed by atoms with van der Waals surface area (Å²) < 4.78 is 39.9. The van der Waals surface area contributed by atoms with Gasteiger partial charge in [-0.15, -0.1) is 12.4 Å². The quantitative estimate of drug-likeness (QED) is 0.735. The van der Waals surface area contributed by atoms with Crippen LogP contribution in [0, 0.1) is 23.2 Å². The Kier molecular flexibility index (Phi) is 7.32. The first-order chi connectivity index (χ1) is 14.8. The normalized spacial score (nSPS) is 20.4. The van der Waals surface area contributed by atoms with Gasteiger partial charge in [0.05, 0.1) is 17.2 Å². The van der Waals surface area contributed by atoms with Crippen LogP contribution >= 0.6 is 12.4 Å². The Balaban J connectivity index is 0.00000289. The minimum Gasteiger partial charge on any atom is -0.334 e. The molecule has 2 amide bonds. The van der Waals surface area contributed by atoms with Crippen LogP contribution in [0.4, 0.5) is 18.0 Å². The molecule has 2 aromatic carbocycles. The minimum absolute atomic E-state index is 0. The molecule has 0 aromatic heterocycles. The van der Waals surface area contributed by atoms with Crippen molar-refractivity contribution in [3.63, 3.8) is 0 Å². The zero-order valence-electron chi connectivity index (χ0n) is 17.3. The highest BCUT2D eigenvalue weighted by Crippen LogP contribution is 2.34. The highest BCUT2D eigenvalue weighted by molar-refractivity contribution is 5.85. The number of fused-ring (bicyclic) bond motifs is 1. The van der Waals surface area contributed by atoms with Gasteiger partial charge in [0, 0.05) is 39.3 Å². The highest BCUT2D eigenvalue weighted by atomic mass is 35.5. The summed E-state index contributed by atoms with van der Waals surface area (Å²) in [7, 11) is 0. The van der Waals surface area contributed by atoms with Gasteiger partial charge in [-0.05, 0) is 35.1 Å². The molecular formula is C23H24ClF3N4O. The highest BCUT2D eigenvalue weighted by Gasteiger charge is 2.41. The Morgan fingerprint density at radius 1 is 1.06 bits per heavy atom. The largest absolute Gasteiger partial charge is 0.416 e. The van der Waals surface area contributed by atoms with Crippen molar-refractivity contribution < 1.29 is 18.0 Å². The molecule has 2 atom stereocenters. The van der Waals surface area contributed by atoms with Gasteiger partial charge in [0.25, 0.3) is 0 Å². The summed E-state index contributed by atoms with van der Waals surface area (Å²) in [5.41, 5.74) is 0.268. The molecule has 2 saturated heterocycles. The molecular weight excluding hydrogens is 441 g/mol. The number of rotatable bonds is 4. The third-order valence-electron chi connectivity index (χ3n) is 6.07. The standard InChI is InChI=1S/C23H23F3N4O.ClH/c24-23(25,26)21-8-17(9-27)6-7-18(21)10-28-22(31)30-14-19-12-29(13-20(19)15-30)11-16-4-2-1-3-5-16;/h1-8,19-20H,10-15H2,(H,28,31);1H. The third-order valence-corrected chi connectivity index (χ3v) is 6.07. The Hall–Kier alpha value is -2.76. The second-order valence-corrected chi connectivity index (χ2v) is 8.25. The fourth-order valence-corrected chi connectivity index (χ4v) is 4.57. The van der Waals surface area contributed by atoms with Gasteiger partial charge in [-0.2, -0.15) is 18.4 Å². The summed E-state index contributed by atoms with van der Waals surface area (Å²) in [5.74, 6) is 0.769. The number of hydrogen-bond donors (Lipinski definition) is 1. The number of alkyl halides is 3. The first-order valence-corrected chi connectivity index (χ1v) is 10.2. The molecule has 2 aliphatic heterocycles. The number of likely N-dealkylation sites (tertiary alicyclic amines) is 2. The number of hydrogen-bond acceptors (Lipinski definition) is 3. The van der Waals surface area contributed by atoms with Gasteiger partial charge in [-0.3, -0.25) is 4.90 Å². The first-order valence-electron chi connectivity index (χ1n) is 10.2. The van der Waals surface area contributed by atoms with Crippen LogP contribution in [-0.4, -0.2) is 42.0 Å². The van der Waals surface area contributed by atoms with E-state index in [0.717, 1.165) is 25.7 Å². The topological polar surface area (TPSA) is 59.4 Å². The summed E-state index contributed by atoms with van der Waals surface area (Å²) in [6.07, 6.45) is -4.58. The molecule has 0 aliphatic carbocycles. The van der Waals surface area contributed by atoms with Crippen molar-refractivity contribution >= 4 is 18.4 Å². The molecule has 0 radical (unpaired) electrons. The van der Waals surface area contributed by atoms with E-state index in [1.54, 1.807) is 11.0 Å².